The lowest BCUT2D eigenvalue weighted by Crippen LogP contribution is -2.02. The Morgan fingerprint density at radius 1 is 1.00 bits per heavy atom. The Morgan fingerprint density at radius 3 is 2.46 bits per heavy atom. The second-order valence-corrected chi connectivity index (χ2v) is 5.83. The number of methoxy groups -OCH3 is 2. The minimum atomic E-state index is -0.704. The second kappa shape index (κ2) is 12.6. The molecule has 1 aromatic rings. The van der Waals surface area contributed by atoms with E-state index in [2.05, 4.69) is 6.07 Å². The van der Waals surface area contributed by atoms with Crippen LogP contribution in [0.1, 0.15) is 50.5 Å². The van der Waals surface area contributed by atoms with Crippen molar-refractivity contribution in [1.82, 2.24) is 0 Å². The number of carbonyl (C=O) groups is 1. The summed E-state index contributed by atoms with van der Waals surface area (Å²) < 4.78 is 16.2. The summed E-state index contributed by atoms with van der Waals surface area (Å²) in [4.78, 5) is 10.4. The SMILES string of the molecule is COCCCOc1ccc(CCCCCCCC(=O)O)c(OC)c1. The van der Waals surface area contributed by atoms with Gasteiger partial charge in [-0.05, 0) is 30.9 Å². The van der Waals surface area contributed by atoms with E-state index in [1.165, 1.54) is 5.56 Å². The van der Waals surface area contributed by atoms with Crippen molar-refractivity contribution in [1.29, 1.82) is 0 Å². The smallest absolute Gasteiger partial charge is 0.303 e. The first kappa shape index (κ1) is 20.3. The highest BCUT2D eigenvalue weighted by atomic mass is 16.5. The van der Waals surface area contributed by atoms with E-state index in [-0.39, 0.29) is 6.42 Å². The number of benzene rings is 1. The van der Waals surface area contributed by atoms with Gasteiger partial charge in [0.1, 0.15) is 11.5 Å². The Morgan fingerprint density at radius 2 is 1.75 bits per heavy atom. The lowest BCUT2D eigenvalue weighted by molar-refractivity contribution is -0.137. The highest BCUT2D eigenvalue weighted by Gasteiger charge is 2.06. The summed E-state index contributed by atoms with van der Waals surface area (Å²) in [6.07, 6.45) is 7.13. The van der Waals surface area contributed by atoms with E-state index in [9.17, 15) is 4.79 Å². The molecule has 0 bridgehead atoms. The molecule has 5 heteroatoms. The zero-order valence-corrected chi connectivity index (χ0v) is 14.9. The van der Waals surface area contributed by atoms with Crippen molar-refractivity contribution in [3.05, 3.63) is 23.8 Å². The van der Waals surface area contributed by atoms with Crippen molar-refractivity contribution in [3.8, 4) is 11.5 Å². The molecule has 0 unspecified atom stereocenters. The van der Waals surface area contributed by atoms with E-state index in [1.54, 1.807) is 14.2 Å². The van der Waals surface area contributed by atoms with E-state index in [1.807, 2.05) is 12.1 Å². The molecule has 0 heterocycles. The van der Waals surface area contributed by atoms with Gasteiger partial charge in [-0.15, -0.1) is 0 Å². The highest BCUT2D eigenvalue weighted by molar-refractivity contribution is 5.66. The van der Waals surface area contributed by atoms with Crippen molar-refractivity contribution in [3.63, 3.8) is 0 Å². The van der Waals surface area contributed by atoms with E-state index >= 15 is 0 Å². The molecule has 0 fully saturated rings. The Bertz CT molecular complexity index is 473. The summed E-state index contributed by atoms with van der Waals surface area (Å²) in [5, 5.41) is 8.60. The number of carboxylic acid groups (broad SMARTS) is 1. The Labute approximate surface area is 144 Å². The van der Waals surface area contributed by atoms with Gasteiger partial charge >= 0.3 is 5.97 Å². The molecule has 1 N–H and O–H groups in total. The summed E-state index contributed by atoms with van der Waals surface area (Å²) in [7, 11) is 3.36. The average Bonchev–Trinajstić information content (AvgIpc) is 2.58. The number of aryl methyl sites for hydroxylation is 1. The summed E-state index contributed by atoms with van der Waals surface area (Å²) >= 11 is 0. The van der Waals surface area contributed by atoms with Crippen LogP contribution in [-0.4, -0.2) is 38.5 Å². The molecule has 24 heavy (non-hydrogen) atoms. The third-order valence-corrected chi connectivity index (χ3v) is 3.86. The first-order chi connectivity index (χ1) is 11.7. The quantitative estimate of drug-likeness (QED) is 0.518. The topological polar surface area (TPSA) is 65.0 Å². The van der Waals surface area contributed by atoms with Crippen LogP contribution < -0.4 is 9.47 Å². The zero-order chi connectivity index (χ0) is 17.6. The number of hydrogen-bond acceptors (Lipinski definition) is 4. The van der Waals surface area contributed by atoms with Crippen molar-refractivity contribution in [2.24, 2.45) is 0 Å². The van der Waals surface area contributed by atoms with Crippen LogP contribution in [0.25, 0.3) is 0 Å². The molecule has 0 aliphatic heterocycles. The van der Waals surface area contributed by atoms with Gasteiger partial charge in [0.25, 0.3) is 0 Å². The van der Waals surface area contributed by atoms with E-state index in [0.29, 0.717) is 13.2 Å². The molecule has 0 aliphatic carbocycles. The Kier molecular flexibility index (Phi) is 10.7. The maximum Gasteiger partial charge on any atom is 0.303 e. The number of hydrogen-bond donors (Lipinski definition) is 1. The standard InChI is InChI=1S/C19H30O5/c1-22-13-8-14-24-17-12-11-16(18(15-17)23-2)9-6-4-3-5-7-10-19(20)21/h11-12,15H,3-10,13-14H2,1-2H3,(H,20,21). The third-order valence-electron chi connectivity index (χ3n) is 3.86. The molecule has 1 rings (SSSR count). The van der Waals surface area contributed by atoms with Gasteiger partial charge < -0.3 is 19.3 Å². The van der Waals surface area contributed by atoms with Crippen LogP contribution in [0, 0.1) is 0 Å². The first-order valence-electron chi connectivity index (χ1n) is 8.67. The molecule has 1 aromatic carbocycles. The first-order valence-corrected chi connectivity index (χ1v) is 8.67. The Hall–Kier alpha value is -1.75. The number of carboxylic acids is 1. The molecule has 0 radical (unpaired) electrons. The predicted octanol–water partition coefficient (Wildman–Crippen LogP) is 4.08. The van der Waals surface area contributed by atoms with Gasteiger partial charge in [-0.3, -0.25) is 4.79 Å². The van der Waals surface area contributed by atoms with Crippen LogP contribution in [0.4, 0.5) is 0 Å². The monoisotopic (exact) mass is 338 g/mol. The minimum Gasteiger partial charge on any atom is -0.496 e. The molecule has 0 aromatic heterocycles. The summed E-state index contributed by atoms with van der Waals surface area (Å²) in [6.45, 7) is 1.33. The lowest BCUT2D eigenvalue weighted by Gasteiger charge is -2.12. The van der Waals surface area contributed by atoms with Gasteiger partial charge in [0, 0.05) is 32.6 Å². The second-order valence-electron chi connectivity index (χ2n) is 5.83. The van der Waals surface area contributed by atoms with E-state index in [4.69, 9.17) is 19.3 Å². The number of rotatable bonds is 14. The average molecular weight is 338 g/mol. The fourth-order valence-electron chi connectivity index (χ4n) is 2.54. The number of ether oxygens (including phenoxy) is 3. The number of aliphatic carboxylic acids is 1. The van der Waals surface area contributed by atoms with Gasteiger partial charge in [0.2, 0.25) is 0 Å². The fraction of sp³-hybridized carbons (Fsp3) is 0.632. The fourth-order valence-corrected chi connectivity index (χ4v) is 2.54. The molecule has 0 saturated heterocycles. The van der Waals surface area contributed by atoms with Crippen molar-refractivity contribution < 1.29 is 24.1 Å². The van der Waals surface area contributed by atoms with Crippen molar-refractivity contribution in [2.45, 2.75) is 51.4 Å². The van der Waals surface area contributed by atoms with Crippen LogP contribution in [0.2, 0.25) is 0 Å². The van der Waals surface area contributed by atoms with Crippen molar-refractivity contribution in [2.75, 3.05) is 27.4 Å². The van der Waals surface area contributed by atoms with Crippen LogP contribution in [0.5, 0.6) is 11.5 Å². The summed E-state index contributed by atoms with van der Waals surface area (Å²) in [5.41, 5.74) is 1.19. The van der Waals surface area contributed by atoms with Gasteiger partial charge in [0.15, 0.2) is 0 Å². The Balaban J connectivity index is 2.30. The van der Waals surface area contributed by atoms with Crippen LogP contribution in [-0.2, 0) is 16.0 Å². The zero-order valence-electron chi connectivity index (χ0n) is 14.9. The van der Waals surface area contributed by atoms with E-state index in [0.717, 1.165) is 56.4 Å². The largest absolute Gasteiger partial charge is 0.496 e. The summed E-state index contributed by atoms with van der Waals surface area (Å²) in [6, 6.07) is 5.99. The molecular formula is C19H30O5. The van der Waals surface area contributed by atoms with Gasteiger partial charge in [-0.25, -0.2) is 0 Å². The molecule has 0 aliphatic rings. The van der Waals surface area contributed by atoms with E-state index < -0.39 is 5.97 Å². The molecule has 5 nitrogen and oxygen atoms in total. The molecule has 136 valence electrons. The van der Waals surface area contributed by atoms with Gasteiger partial charge in [-0.1, -0.05) is 25.3 Å². The lowest BCUT2D eigenvalue weighted by atomic mass is 10.0. The van der Waals surface area contributed by atoms with Gasteiger partial charge in [0.05, 0.1) is 13.7 Å². The predicted molar refractivity (Wildman–Crippen MR) is 94.0 cm³/mol. The molecule has 0 amide bonds. The third kappa shape index (κ3) is 8.77. The van der Waals surface area contributed by atoms with Crippen LogP contribution in [0.3, 0.4) is 0 Å². The normalized spacial score (nSPS) is 10.6. The summed E-state index contributed by atoms with van der Waals surface area (Å²) in [5.74, 6) is 0.981. The maximum atomic E-state index is 10.4. The molecule has 0 saturated carbocycles. The van der Waals surface area contributed by atoms with Gasteiger partial charge in [-0.2, -0.15) is 0 Å². The molecular weight excluding hydrogens is 308 g/mol. The maximum absolute atomic E-state index is 10.4. The van der Waals surface area contributed by atoms with Crippen LogP contribution >= 0.6 is 0 Å². The molecule has 0 atom stereocenters. The minimum absolute atomic E-state index is 0.277. The number of unbranched alkanes of at least 4 members (excludes halogenated alkanes) is 4. The highest BCUT2D eigenvalue weighted by Crippen LogP contribution is 2.26. The van der Waals surface area contributed by atoms with Crippen molar-refractivity contribution >= 4 is 5.97 Å². The van der Waals surface area contributed by atoms with Crippen LogP contribution in [0.15, 0.2) is 18.2 Å². The molecule has 0 spiro atoms.